The summed E-state index contributed by atoms with van der Waals surface area (Å²) in [5, 5.41) is 0.869. The number of hydrogen-bond acceptors (Lipinski definition) is 4. The summed E-state index contributed by atoms with van der Waals surface area (Å²) in [4.78, 5) is 2.27. The first kappa shape index (κ1) is 21.0. The lowest BCUT2D eigenvalue weighted by Gasteiger charge is -2.11. The number of likely N-dealkylation sites (N-methyl/N-ethyl adjacent to an activating group) is 1. The van der Waals surface area contributed by atoms with Crippen LogP contribution in [0.15, 0.2) is 90.0 Å². The molecule has 4 aromatic rings. The van der Waals surface area contributed by atoms with Gasteiger partial charge in [0.2, 0.25) is 0 Å². The molecule has 0 fully saturated rings. The molecule has 4 rings (SSSR count). The SMILES string of the molecule is CN(C)CCn1cc(NS(=O)(=O)c2ccc(Oc3ccccc3)cc2)c2ccccc21. The third-order valence-corrected chi connectivity index (χ3v) is 6.32. The summed E-state index contributed by atoms with van der Waals surface area (Å²) in [5.74, 6) is 1.27. The van der Waals surface area contributed by atoms with Gasteiger partial charge >= 0.3 is 0 Å². The minimum Gasteiger partial charge on any atom is -0.457 e. The van der Waals surface area contributed by atoms with Crippen molar-refractivity contribution in [2.24, 2.45) is 0 Å². The van der Waals surface area contributed by atoms with E-state index >= 15 is 0 Å². The zero-order chi connectivity index (χ0) is 21.8. The summed E-state index contributed by atoms with van der Waals surface area (Å²) in [6.07, 6.45) is 1.86. The van der Waals surface area contributed by atoms with E-state index in [9.17, 15) is 8.42 Å². The van der Waals surface area contributed by atoms with Crippen LogP contribution in [0.5, 0.6) is 11.5 Å². The van der Waals surface area contributed by atoms with Gasteiger partial charge in [0.15, 0.2) is 0 Å². The van der Waals surface area contributed by atoms with Crippen molar-refractivity contribution in [3.05, 3.63) is 85.1 Å². The Labute approximate surface area is 182 Å². The Morgan fingerprint density at radius 3 is 2.23 bits per heavy atom. The molecule has 0 aliphatic carbocycles. The van der Waals surface area contributed by atoms with Crippen LogP contribution in [-0.4, -0.2) is 38.5 Å². The molecule has 0 spiro atoms. The summed E-state index contributed by atoms with van der Waals surface area (Å²) in [6, 6.07) is 23.6. The number of hydrogen-bond donors (Lipinski definition) is 1. The molecule has 1 aromatic heterocycles. The quantitative estimate of drug-likeness (QED) is 0.432. The predicted molar refractivity (Wildman–Crippen MR) is 124 cm³/mol. The average molecular weight is 436 g/mol. The number of benzene rings is 3. The van der Waals surface area contributed by atoms with E-state index in [4.69, 9.17) is 4.74 Å². The lowest BCUT2D eigenvalue weighted by atomic mass is 10.2. The zero-order valence-electron chi connectivity index (χ0n) is 17.5. The Balaban J connectivity index is 1.56. The van der Waals surface area contributed by atoms with Gasteiger partial charge in [-0.2, -0.15) is 0 Å². The van der Waals surface area contributed by atoms with Gasteiger partial charge in [0, 0.05) is 24.7 Å². The fraction of sp³-hybridized carbons (Fsp3) is 0.167. The summed E-state index contributed by atoms with van der Waals surface area (Å²) in [5.41, 5.74) is 1.56. The van der Waals surface area contributed by atoms with Gasteiger partial charge < -0.3 is 14.2 Å². The second-order valence-electron chi connectivity index (χ2n) is 7.55. The monoisotopic (exact) mass is 435 g/mol. The smallest absolute Gasteiger partial charge is 0.261 e. The molecule has 0 saturated heterocycles. The van der Waals surface area contributed by atoms with Crippen molar-refractivity contribution in [3.8, 4) is 11.5 Å². The molecular weight excluding hydrogens is 410 g/mol. The highest BCUT2D eigenvalue weighted by Gasteiger charge is 2.18. The topological polar surface area (TPSA) is 63.6 Å². The molecule has 0 aliphatic rings. The minimum atomic E-state index is -3.74. The Hall–Kier alpha value is -3.29. The van der Waals surface area contributed by atoms with Crippen molar-refractivity contribution >= 4 is 26.6 Å². The van der Waals surface area contributed by atoms with Gasteiger partial charge in [-0.1, -0.05) is 36.4 Å². The maximum atomic E-state index is 13.0. The first-order chi connectivity index (χ1) is 14.9. The normalized spacial score (nSPS) is 11.7. The van der Waals surface area contributed by atoms with Crippen LogP contribution in [0, 0.1) is 0 Å². The number of rotatable bonds is 8. The largest absolute Gasteiger partial charge is 0.457 e. The van der Waals surface area contributed by atoms with Crippen molar-refractivity contribution in [2.75, 3.05) is 25.4 Å². The third kappa shape index (κ3) is 4.90. The average Bonchev–Trinajstić information content (AvgIpc) is 3.10. The number of sulfonamides is 1. The summed E-state index contributed by atoms with van der Waals surface area (Å²) in [6.45, 7) is 1.62. The lowest BCUT2D eigenvalue weighted by Crippen LogP contribution is -2.18. The van der Waals surface area contributed by atoms with Gasteiger partial charge in [-0.25, -0.2) is 8.42 Å². The second kappa shape index (κ2) is 8.83. The van der Waals surface area contributed by atoms with Gasteiger partial charge in [0.05, 0.1) is 16.1 Å². The van der Waals surface area contributed by atoms with Crippen LogP contribution in [0.4, 0.5) is 5.69 Å². The number of ether oxygens (including phenoxy) is 1. The van der Waals surface area contributed by atoms with Crippen LogP contribution in [0.3, 0.4) is 0 Å². The Morgan fingerprint density at radius 1 is 0.871 bits per heavy atom. The second-order valence-corrected chi connectivity index (χ2v) is 9.23. The van der Waals surface area contributed by atoms with Crippen LogP contribution in [0.25, 0.3) is 10.9 Å². The lowest BCUT2D eigenvalue weighted by molar-refractivity contribution is 0.387. The van der Waals surface area contributed by atoms with Gasteiger partial charge in [-0.05, 0) is 56.6 Å². The minimum absolute atomic E-state index is 0.179. The Morgan fingerprint density at radius 2 is 1.52 bits per heavy atom. The highest BCUT2D eigenvalue weighted by atomic mass is 32.2. The zero-order valence-corrected chi connectivity index (χ0v) is 18.3. The molecule has 7 heteroatoms. The fourth-order valence-electron chi connectivity index (χ4n) is 3.34. The highest BCUT2D eigenvalue weighted by molar-refractivity contribution is 7.92. The van der Waals surface area contributed by atoms with E-state index in [2.05, 4.69) is 14.2 Å². The molecular formula is C24H25N3O3S. The molecule has 0 atom stereocenters. The fourth-order valence-corrected chi connectivity index (χ4v) is 4.40. The van der Waals surface area contributed by atoms with E-state index in [0.29, 0.717) is 17.2 Å². The number of nitrogens with one attached hydrogen (secondary N) is 1. The Bertz CT molecular complexity index is 1260. The number of para-hydroxylation sites is 2. The van der Waals surface area contributed by atoms with E-state index in [0.717, 1.165) is 24.0 Å². The van der Waals surface area contributed by atoms with Gasteiger partial charge in [-0.3, -0.25) is 4.72 Å². The van der Waals surface area contributed by atoms with Crippen LogP contribution < -0.4 is 9.46 Å². The van der Waals surface area contributed by atoms with Crippen LogP contribution in [-0.2, 0) is 16.6 Å². The summed E-state index contributed by atoms with van der Waals surface area (Å²) in [7, 11) is 0.287. The van der Waals surface area contributed by atoms with Crippen LogP contribution in [0.2, 0.25) is 0 Å². The molecule has 1 N–H and O–H groups in total. The molecule has 0 unspecified atom stereocenters. The summed E-state index contributed by atoms with van der Waals surface area (Å²) < 4.78 is 36.6. The third-order valence-electron chi connectivity index (χ3n) is 4.93. The Kier molecular flexibility index (Phi) is 5.97. The van der Waals surface area contributed by atoms with E-state index in [-0.39, 0.29) is 4.90 Å². The standard InChI is InChI=1S/C24H25N3O3S/c1-26(2)16-17-27-18-23(22-10-6-7-11-24(22)27)25-31(28,29)21-14-12-20(13-15-21)30-19-8-4-3-5-9-19/h3-15,18,25H,16-17H2,1-2H3. The van der Waals surface area contributed by atoms with Gasteiger partial charge in [0.25, 0.3) is 10.0 Å². The molecule has 0 amide bonds. The molecule has 0 radical (unpaired) electrons. The molecule has 31 heavy (non-hydrogen) atoms. The number of anilines is 1. The molecule has 0 aliphatic heterocycles. The van der Waals surface area contributed by atoms with Gasteiger partial charge in [0.1, 0.15) is 11.5 Å². The van der Waals surface area contributed by atoms with E-state index in [1.54, 1.807) is 24.3 Å². The van der Waals surface area contributed by atoms with Crippen molar-refractivity contribution < 1.29 is 13.2 Å². The van der Waals surface area contributed by atoms with Crippen molar-refractivity contribution in [1.82, 2.24) is 9.47 Å². The maximum Gasteiger partial charge on any atom is 0.261 e. The number of fused-ring (bicyclic) bond motifs is 1. The first-order valence-corrected chi connectivity index (χ1v) is 11.5. The van der Waals surface area contributed by atoms with E-state index < -0.39 is 10.0 Å². The number of nitrogens with zero attached hydrogens (tertiary/aromatic N) is 2. The molecule has 3 aromatic carbocycles. The molecule has 0 bridgehead atoms. The number of aromatic nitrogens is 1. The van der Waals surface area contributed by atoms with Crippen molar-refractivity contribution in [1.29, 1.82) is 0 Å². The predicted octanol–water partition coefficient (Wildman–Crippen LogP) is 4.80. The van der Waals surface area contributed by atoms with Crippen molar-refractivity contribution in [3.63, 3.8) is 0 Å². The highest BCUT2D eigenvalue weighted by Crippen LogP contribution is 2.29. The van der Waals surface area contributed by atoms with Gasteiger partial charge in [-0.15, -0.1) is 0 Å². The van der Waals surface area contributed by atoms with E-state index in [1.807, 2.05) is 74.9 Å². The van der Waals surface area contributed by atoms with Crippen LogP contribution >= 0.6 is 0 Å². The van der Waals surface area contributed by atoms with Crippen molar-refractivity contribution in [2.45, 2.75) is 11.4 Å². The molecule has 0 saturated carbocycles. The molecule has 6 nitrogen and oxygen atoms in total. The molecule has 160 valence electrons. The first-order valence-electron chi connectivity index (χ1n) is 10.0. The maximum absolute atomic E-state index is 13.0. The molecule has 1 heterocycles. The summed E-state index contributed by atoms with van der Waals surface area (Å²) >= 11 is 0. The van der Waals surface area contributed by atoms with E-state index in [1.165, 1.54) is 0 Å². The van der Waals surface area contributed by atoms with Crippen LogP contribution in [0.1, 0.15) is 0 Å².